The van der Waals surface area contributed by atoms with E-state index in [1.54, 1.807) is 38.1 Å². The van der Waals surface area contributed by atoms with Gasteiger partial charge in [0.1, 0.15) is 23.0 Å². The first kappa shape index (κ1) is 31.8. The third-order valence-electron chi connectivity index (χ3n) is 5.97. The zero-order valence-electron chi connectivity index (χ0n) is 23.7. The molecule has 228 valence electrons. The minimum absolute atomic E-state index is 0.0567. The van der Waals surface area contributed by atoms with Crippen LogP contribution in [0.2, 0.25) is 0 Å². The number of carbonyl (C=O) groups excluding carboxylic acids is 2. The van der Waals surface area contributed by atoms with Gasteiger partial charge in [0.15, 0.2) is 13.2 Å². The molecule has 0 spiro atoms. The summed E-state index contributed by atoms with van der Waals surface area (Å²) in [4.78, 5) is 29.3. The third kappa shape index (κ3) is 7.55. The Balaban J connectivity index is 1.64. The van der Waals surface area contributed by atoms with Crippen LogP contribution in [0.1, 0.15) is 13.8 Å². The maximum absolute atomic E-state index is 12.2. The lowest BCUT2D eigenvalue weighted by Gasteiger charge is -2.19. The molecule has 0 saturated heterocycles. The Kier molecular flexibility index (Phi) is 10.8. The molecule has 8 nitrogen and oxygen atoms in total. The van der Waals surface area contributed by atoms with Gasteiger partial charge in [-0.05, 0) is 62.4 Å². The van der Waals surface area contributed by atoms with Crippen LogP contribution in [0.25, 0.3) is 0 Å². The fraction of sp³-hybridized carbons (Fsp3) is 0.188. The fourth-order valence-corrected chi connectivity index (χ4v) is 8.32. The molecule has 2 N–H and O–H groups in total. The lowest BCUT2D eigenvalue weighted by Crippen LogP contribution is -2.15. The predicted molar refractivity (Wildman–Crippen MR) is 170 cm³/mol. The Morgan fingerprint density at radius 3 is 1.07 bits per heavy atom. The summed E-state index contributed by atoms with van der Waals surface area (Å²) in [5.41, 5.74) is 0. The van der Waals surface area contributed by atoms with Gasteiger partial charge in [-0.25, -0.2) is 9.59 Å². The number of ether oxygens (including phenoxy) is 4. The molecule has 1 heterocycles. The van der Waals surface area contributed by atoms with Gasteiger partial charge in [-0.15, -0.1) is 0 Å². The first-order valence-electron chi connectivity index (χ1n) is 13.6. The smallest absolute Gasteiger partial charge is 0.344 e. The Bertz CT molecular complexity index is 1470. The molecule has 0 radical (unpaired) electrons. The molecule has 12 heteroatoms. The summed E-state index contributed by atoms with van der Waals surface area (Å²) >= 11 is 5.14. The van der Waals surface area contributed by atoms with Crippen molar-refractivity contribution in [3.63, 3.8) is 0 Å². The Morgan fingerprint density at radius 1 is 0.523 bits per heavy atom. The predicted octanol–water partition coefficient (Wildman–Crippen LogP) is 7.90. The van der Waals surface area contributed by atoms with Crippen molar-refractivity contribution < 1.29 is 38.7 Å². The van der Waals surface area contributed by atoms with Gasteiger partial charge in [-0.1, -0.05) is 71.3 Å². The molecule has 4 aromatic rings. The molecule has 0 atom stereocenters. The number of fused-ring (bicyclic) bond motifs is 8. The van der Waals surface area contributed by atoms with Crippen molar-refractivity contribution in [1.82, 2.24) is 0 Å². The van der Waals surface area contributed by atoms with Crippen molar-refractivity contribution in [1.29, 1.82) is 0 Å². The number of phenolic OH excluding ortho intramolecular Hbond substituents is 2. The van der Waals surface area contributed by atoms with Crippen molar-refractivity contribution in [3.05, 3.63) is 72.8 Å². The van der Waals surface area contributed by atoms with Crippen molar-refractivity contribution in [3.8, 4) is 23.0 Å². The van der Waals surface area contributed by atoms with E-state index in [9.17, 15) is 19.8 Å². The molecule has 0 fully saturated rings. The minimum Gasteiger partial charge on any atom is -0.506 e. The van der Waals surface area contributed by atoms with Crippen LogP contribution in [0.3, 0.4) is 0 Å². The molecule has 1 aliphatic rings. The molecule has 8 bridgehead atoms. The molecule has 0 saturated carbocycles. The summed E-state index contributed by atoms with van der Waals surface area (Å²) in [6.45, 7) is 3.32. The van der Waals surface area contributed by atoms with Crippen molar-refractivity contribution in [2.75, 3.05) is 26.4 Å². The van der Waals surface area contributed by atoms with Crippen LogP contribution < -0.4 is 9.47 Å². The van der Waals surface area contributed by atoms with Gasteiger partial charge < -0.3 is 29.2 Å². The average molecular weight is 669 g/mol. The van der Waals surface area contributed by atoms with Crippen LogP contribution in [-0.2, 0) is 19.1 Å². The molecular weight excluding hydrogens is 641 g/mol. The quantitative estimate of drug-likeness (QED) is 0.157. The zero-order valence-corrected chi connectivity index (χ0v) is 27.0. The Hall–Kier alpha value is -3.58. The molecule has 1 aliphatic heterocycles. The van der Waals surface area contributed by atoms with E-state index in [-0.39, 0.29) is 37.9 Å². The van der Waals surface area contributed by atoms with Crippen LogP contribution in [0.15, 0.2) is 112 Å². The van der Waals surface area contributed by atoms with E-state index in [4.69, 9.17) is 18.9 Å². The monoisotopic (exact) mass is 668 g/mol. The molecule has 0 unspecified atom stereocenters. The summed E-state index contributed by atoms with van der Waals surface area (Å²) in [5, 5.41) is 22.8. The Morgan fingerprint density at radius 2 is 0.795 bits per heavy atom. The molecule has 44 heavy (non-hydrogen) atoms. The van der Waals surface area contributed by atoms with E-state index < -0.39 is 11.9 Å². The maximum atomic E-state index is 12.2. The SMILES string of the molecule is CCOC(=O)COc1c2cccc1Sc1cccc(c1O)Sc1cccc(c1OCC(=O)OCC)Sc1cccc(c1O)S2. The normalized spacial score (nSPS) is 12.2. The number of phenols is 2. The van der Waals surface area contributed by atoms with Crippen LogP contribution in [0.4, 0.5) is 0 Å². The highest BCUT2D eigenvalue weighted by Crippen LogP contribution is 2.52. The zero-order chi connectivity index (χ0) is 31.1. The number of aromatic hydroxyl groups is 2. The highest BCUT2D eigenvalue weighted by molar-refractivity contribution is 8.01. The van der Waals surface area contributed by atoms with Crippen molar-refractivity contribution in [2.45, 2.75) is 53.0 Å². The lowest BCUT2D eigenvalue weighted by molar-refractivity contribution is -0.146. The highest BCUT2D eigenvalue weighted by Gasteiger charge is 2.22. The van der Waals surface area contributed by atoms with E-state index >= 15 is 0 Å². The number of rotatable bonds is 8. The number of hydrogen-bond acceptors (Lipinski definition) is 12. The molecule has 0 aromatic heterocycles. The summed E-state index contributed by atoms with van der Waals surface area (Å²) in [6.07, 6.45) is 0. The van der Waals surface area contributed by atoms with E-state index in [1.807, 2.05) is 48.5 Å². The largest absolute Gasteiger partial charge is 0.506 e. The standard InChI is InChI=1S/C32H28O8S4/c1-3-37-27(33)17-39-31-23-13-7-14-24(31)42-20-10-6-12-22(30(20)36)44-26-16-8-15-25(32(26)40-18-28(34)38-4-2)43-21-11-5-9-19(41-23)29(21)35/h5-16,35-36H,3-4,17-18H2,1-2H3. The molecule has 5 rings (SSSR count). The van der Waals surface area contributed by atoms with Crippen molar-refractivity contribution >= 4 is 59.0 Å². The fourth-order valence-electron chi connectivity index (χ4n) is 4.07. The van der Waals surface area contributed by atoms with Gasteiger partial charge in [0.05, 0.1) is 52.4 Å². The van der Waals surface area contributed by atoms with Crippen LogP contribution in [0, 0.1) is 0 Å². The first-order valence-corrected chi connectivity index (χ1v) is 16.8. The summed E-state index contributed by atoms with van der Waals surface area (Å²) in [5.74, 6) is -0.0395. The van der Waals surface area contributed by atoms with Crippen LogP contribution in [-0.4, -0.2) is 48.6 Å². The number of esters is 2. The van der Waals surface area contributed by atoms with Crippen molar-refractivity contribution in [2.24, 2.45) is 0 Å². The van der Waals surface area contributed by atoms with E-state index in [2.05, 4.69) is 0 Å². The second-order valence-corrected chi connectivity index (χ2v) is 13.3. The van der Waals surface area contributed by atoms with E-state index in [0.29, 0.717) is 50.7 Å². The van der Waals surface area contributed by atoms with Gasteiger partial charge >= 0.3 is 11.9 Å². The summed E-state index contributed by atoms with van der Waals surface area (Å²) < 4.78 is 22.2. The van der Waals surface area contributed by atoms with Gasteiger partial charge in [0, 0.05) is 0 Å². The number of para-hydroxylation sites is 4. The van der Waals surface area contributed by atoms with Gasteiger partial charge in [-0.3, -0.25) is 0 Å². The molecule has 0 aliphatic carbocycles. The van der Waals surface area contributed by atoms with E-state index in [1.165, 1.54) is 47.0 Å². The van der Waals surface area contributed by atoms with Crippen LogP contribution in [0.5, 0.6) is 23.0 Å². The van der Waals surface area contributed by atoms with Gasteiger partial charge in [0.2, 0.25) is 0 Å². The van der Waals surface area contributed by atoms with Gasteiger partial charge in [-0.2, -0.15) is 0 Å². The molecule has 0 amide bonds. The molecule has 4 aromatic carbocycles. The summed E-state index contributed by atoms with van der Waals surface area (Å²) in [6, 6.07) is 21.9. The number of carbonyl (C=O) groups is 2. The lowest BCUT2D eigenvalue weighted by atomic mass is 10.3. The second kappa shape index (κ2) is 14.9. The first-order chi connectivity index (χ1) is 21.4. The van der Waals surface area contributed by atoms with Crippen LogP contribution >= 0.6 is 47.0 Å². The summed E-state index contributed by atoms with van der Waals surface area (Å²) in [7, 11) is 0. The van der Waals surface area contributed by atoms with Gasteiger partial charge in [0.25, 0.3) is 0 Å². The minimum atomic E-state index is -0.505. The van der Waals surface area contributed by atoms with E-state index in [0.717, 1.165) is 0 Å². The average Bonchev–Trinajstić information content (AvgIpc) is 3.00. The number of benzene rings is 4. The topological polar surface area (TPSA) is 112 Å². The highest BCUT2D eigenvalue weighted by atomic mass is 32.2. The number of hydrogen-bond donors (Lipinski definition) is 2. The maximum Gasteiger partial charge on any atom is 0.344 e. The molecular formula is C32H28O8S4. The Labute approximate surface area is 271 Å². The third-order valence-corrected chi connectivity index (χ3v) is 10.3. The second-order valence-electron chi connectivity index (χ2n) is 8.97.